The fourth-order valence-corrected chi connectivity index (χ4v) is 1.86. The maximum absolute atomic E-state index is 12.4. The molecule has 0 aliphatic rings. The minimum Gasteiger partial charge on any atom is -0.294 e. The quantitative estimate of drug-likeness (QED) is 0.810. The van der Waals surface area contributed by atoms with Crippen molar-refractivity contribution in [3.05, 3.63) is 52.8 Å². The molecule has 0 fully saturated rings. The summed E-state index contributed by atoms with van der Waals surface area (Å²) in [5.74, 6) is -0.157. The lowest BCUT2D eigenvalue weighted by atomic mass is 10.0. The molecule has 2 aromatic rings. The molecule has 6 heteroatoms. The highest BCUT2D eigenvalue weighted by molar-refractivity contribution is 5.98. The largest absolute Gasteiger partial charge is 0.416 e. The molecule has 20 heavy (non-hydrogen) atoms. The van der Waals surface area contributed by atoms with Gasteiger partial charge in [-0.1, -0.05) is 12.1 Å². The summed E-state index contributed by atoms with van der Waals surface area (Å²) < 4.78 is 38.9. The Balaban J connectivity index is 2.15. The van der Waals surface area contributed by atoms with Crippen molar-refractivity contribution in [1.29, 1.82) is 0 Å². The third kappa shape index (κ3) is 2.89. The van der Waals surface area contributed by atoms with Gasteiger partial charge in [-0.3, -0.25) is 9.48 Å². The third-order valence-corrected chi connectivity index (χ3v) is 3.18. The van der Waals surface area contributed by atoms with Gasteiger partial charge in [0.2, 0.25) is 0 Å². The molecule has 1 aromatic heterocycles. The van der Waals surface area contributed by atoms with Crippen LogP contribution in [0.5, 0.6) is 0 Å². The van der Waals surface area contributed by atoms with Gasteiger partial charge >= 0.3 is 6.18 Å². The average Bonchev–Trinajstić information content (AvgIpc) is 2.69. The molecule has 106 valence electrons. The Labute approximate surface area is 114 Å². The maximum atomic E-state index is 12.4. The third-order valence-electron chi connectivity index (χ3n) is 3.18. The highest BCUT2D eigenvalue weighted by atomic mass is 19.4. The van der Waals surface area contributed by atoms with Crippen LogP contribution in [-0.2, 0) is 19.6 Å². The van der Waals surface area contributed by atoms with Gasteiger partial charge in [0.15, 0.2) is 5.78 Å². The lowest BCUT2D eigenvalue weighted by Gasteiger charge is -2.07. The molecule has 0 saturated carbocycles. The normalized spacial score (nSPS) is 11.7. The smallest absolute Gasteiger partial charge is 0.294 e. The summed E-state index contributed by atoms with van der Waals surface area (Å²) in [5.41, 5.74) is 1.06. The first-order valence-corrected chi connectivity index (χ1v) is 5.97. The molecule has 0 saturated heterocycles. The number of hydrogen-bond donors (Lipinski definition) is 0. The van der Waals surface area contributed by atoms with Crippen LogP contribution < -0.4 is 0 Å². The average molecular weight is 282 g/mol. The topological polar surface area (TPSA) is 34.9 Å². The Kier molecular flexibility index (Phi) is 3.65. The van der Waals surface area contributed by atoms with Gasteiger partial charge in [0.05, 0.1) is 17.3 Å². The van der Waals surface area contributed by atoms with E-state index in [1.54, 1.807) is 18.7 Å². The lowest BCUT2D eigenvalue weighted by molar-refractivity contribution is -0.137. The molecule has 0 unspecified atom stereocenters. The maximum Gasteiger partial charge on any atom is 0.416 e. The van der Waals surface area contributed by atoms with Crippen molar-refractivity contribution < 1.29 is 18.0 Å². The Bertz CT molecular complexity index is 627. The van der Waals surface area contributed by atoms with E-state index in [0.29, 0.717) is 11.1 Å². The Morgan fingerprint density at radius 3 is 2.30 bits per heavy atom. The number of rotatable bonds is 3. The molecule has 3 nitrogen and oxygen atoms in total. The number of nitrogens with zero attached hydrogens (tertiary/aromatic N) is 2. The standard InChI is InChI=1S/C14H13F3N2O/c1-9-12(8-18-19(9)2)13(20)7-10-3-5-11(6-4-10)14(15,16)17/h3-6,8H,7H2,1-2H3. The number of benzene rings is 1. The van der Waals surface area contributed by atoms with Crippen molar-refractivity contribution in [2.45, 2.75) is 19.5 Å². The second-order valence-corrected chi connectivity index (χ2v) is 4.56. The van der Waals surface area contributed by atoms with Gasteiger partial charge in [-0.15, -0.1) is 0 Å². The molecule has 0 aliphatic carbocycles. The van der Waals surface area contributed by atoms with Gasteiger partial charge < -0.3 is 0 Å². The van der Waals surface area contributed by atoms with Crippen molar-refractivity contribution in [2.24, 2.45) is 7.05 Å². The summed E-state index contributed by atoms with van der Waals surface area (Å²) in [5, 5.41) is 3.97. The van der Waals surface area contributed by atoms with Crippen LogP contribution in [0.1, 0.15) is 27.2 Å². The molecule has 0 spiro atoms. The van der Waals surface area contributed by atoms with Crippen LogP contribution >= 0.6 is 0 Å². The van der Waals surface area contributed by atoms with Crippen molar-refractivity contribution >= 4 is 5.78 Å². The van der Waals surface area contributed by atoms with E-state index < -0.39 is 11.7 Å². The molecular formula is C14H13F3N2O. The minimum absolute atomic E-state index is 0.0602. The molecule has 0 amide bonds. The van der Waals surface area contributed by atoms with Gasteiger partial charge in [0.1, 0.15) is 0 Å². The molecule has 0 atom stereocenters. The number of Topliss-reactive ketones (excluding diaryl/α,β-unsaturated/α-hetero) is 1. The van der Waals surface area contributed by atoms with E-state index in [9.17, 15) is 18.0 Å². The Morgan fingerprint density at radius 1 is 1.25 bits per heavy atom. The molecular weight excluding hydrogens is 269 g/mol. The molecule has 0 N–H and O–H groups in total. The summed E-state index contributed by atoms with van der Waals surface area (Å²) in [6.45, 7) is 1.77. The predicted molar refractivity (Wildman–Crippen MR) is 67.4 cm³/mol. The van der Waals surface area contributed by atoms with Crippen LogP contribution in [0.3, 0.4) is 0 Å². The fraction of sp³-hybridized carbons (Fsp3) is 0.286. The summed E-state index contributed by atoms with van der Waals surface area (Å²) in [7, 11) is 1.73. The Morgan fingerprint density at radius 2 is 1.85 bits per heavy atom. The second kappa shape index (κ2) is 5.11. The van der Waals surface area contributed by atoms with Crippen LogP contribution in [0.2, 0.25) is 0 Å². The van der Waals surface area contributed by atoms with E-state index in [0.717, 1.165) is 17.8 Å². The van der Waals surface area contributed by atoms with Crippen LogP contribution in [0, 0.1) is 6.92 Å². The summed E-state index contributed by atoms with van der Waals surface area (Å²) in [6, 6.07) is 4.62. The van der Waals surface area contributed by atoms with Gasteiger partial charge in [-0.05, 0) is 24.6 Å². The molecule has 1 heterocycles. The molecule has 0 bridgehead atoms. The van der Waals surface area contributed by atoms with E-state index >= 15 is 0 Å². The van der Waals surface area contributed by atoms with Crippen molar-refractivity contribution in [3.8, 4) is 0 Å². The number of aryl methyl sites for hydroxylation is 1. The first-order valence-electron chi connectivity index (χ1n) is 5.97. The zero-order chi connectivity index (χ0) is 14.9. The number of carbonyl (C=O) groups excluding carboxylic acids is 1. The van der Waals surface area contributed by atoms with Crippen LogP contribution in [0.25, 0.3) is 0 Å². The minimum atomic E-state index is -4.36. The number of carbonyl (C=O) groups is 1. The molecule has 1 aromatic carbocycles. The monoisotopic (exact) mass is 282 g/mol. The number of aromatic nitrogens is 2. The summed E-state index contributed by atoms with van der Waals surface area (Å²) >= 11 is 0. The van der Waals surface area contributed by atoms with E-state index in [4.69, 9.17) is 0 Å². The van der Waals surface area contributed by atoms with Crippen molar-refractivity contribution in [2.75, 3.05) is 0 Å². The van der Waals surface area contributed by atoms with Gasteiger partial charge in [-0.2, -0.15) is 18.3 Å². The van der Waals surface area contributed by atoms with E-state index in [-0.39, 0.29) is 12.2 Å². The first-order chi connectivity index (χ1) is 9.29. The van der Waals surface area contributed by atoms with Crippen LogP contribution in [0.4, 0.5) is 13.2 Å². The van der Waals surface area contributed by atoms with E-state index in [1.807, 2.05) is 0 Å². The molecule has 0 radical (unpaired) electrons. The Hall–Kier alpha value is -2.11. The predicted octanol–water partition coefficient (Wildman–Crippen LogP) is 3.17. The highest BCUT2D eigenvalue weighted by Gasteiger charge is 2.30. The highest BCUT2D eigenvalue weighted by Crippen LogP contribution is 2.29. The van der Waals surface area contributed by atoms with E-state index in [1.165, 1.54) is 18.3 Å². The summed E-state index contributed by atoms with van der Waals surface area (Å²) in [4.78, 5) is 12.1. The van der Waals surface area contributed by atoms with Crippen molar-refractivity contribution in [1.82, 2.24) is 9.78 Å². The zero-order valence-corrected chi connectivity index (χ0v) is 11.0. The van der Waals surface area contributed by atoms with Crippen LogP contribution in [0.15, 0.2) is 30.5 Å². The number of alkyl halides is 3. The second-order valence-electron chi connectivity index (χ2n) is 4.56. The first kappa shape index (κ1) is 14.3. The molecule has 2 rings (SSSR count). The number of ketones is 1. The van der Waals surface area contributed by atoms with Gasteiger partial charge in [0.25, 0.3) is 0 Å². The lowest BCUT2D eigenvalue weighted by Crippen LogP contribution is -2.07. The zero-order valence-electron chi connectivity index (χ0n) is 11.0. The SMILES string of the molecule is Cc1c(C(=O)Cc2ccc(C(F)(F)F)cc2)cnn1C. The fourth-order valence-electron chi connectivity index (χ4n) is 1.86. The number of halogens is 3. The van der Waals surface area contributed by atoms with E-state index in [2.05, 4.69) is 5.10 Å². The van der Waals surface area contributed by atoms with Crippen molar-refractivity contribution in [3.63, 3.8) is 0 Å². The molecule has 0 aliphatic heterocycles. The van der Waals surface area contributed by atoms with Gasteiger partial charge in [-0.25, -0.2) is 0 Å². The van der Waals surface area contributed by atoms with Gasteiger partial charge in [0, 0.05) is 19.2 Å². The number of hydrogen-bond acceptors (Lipinski definition) is 2. The van der Waals surface area contributed by atoms with Crippen LogP contribution in [-0.4, -0.2) is 15.6 Å². The summed E-state index contributed by atoms with van der Waals surface area (Å²) in [6.07, 6.45) is -2.82.